The molecule has 1 amide bonds. The molecule has 100 valence electrons. The molecule has 0 spiro atoms. The second kappa shape index (κ2) is 7.21. The van der Waals surface area contributed by atoms with E-state index in [1.807, 2.05) is 24.3 Å². The Hall–Kier alpha value is -1.46. The maximum atomic E-state index is 11.7. The Bertz CT molecular complexity index is 530. The molecule has 19 heavy (non-hydrogen) atoms. The van der Waals surface area contributed by atoms with Gasteiger partial charge >= 0.3 is 0 Å². The largest absolute Gasteiger partial charge is 0.355 e. The van der Waals surface area contributed by atoms with Crippen LogP contribution in [0, 0.1) is 0 Å². The summed E-state index contributed by atoms with van der Waals surface area (Å²) < 4.78 is 0. The van der Waals surface area contributed by atoms with Gasteiger partial charge in [-0.25, -0.2) is 4.98 Å². The number of nitrogens with one attached hydrogen (secondary N) is 2. The molecular formula is C13H14ClN3OS. The summed E-state index contributed by atoms with van der Waals surface area (Å²) in [6.45, 7) is 0.601. The summed E-state index contributed by atoms with van der Waals surface area (Å²) in [5, 5.41) is 3.54. The molecule has 0 bridgehead atoms. The fourth-order valence-corrected chi connectivity index (χ4v) is 2.58. The van der Waals surface area contributed by atoms with E-state index in [1.54, 1.807) is 12.5 Å². The molecule has 0 atom stereocenters. The van der Waals surface area contributed by atoms with Crippen LogP contribution >= 0.6 is 23.4 Å². The van der Waals surface area contributed by atoms with Gasteiger partial charge in [-0.05, 0) is 12.1 Å². The molecule has 0 aliphatic carbocycles. The Morgan fingerprint density at radius 3 is 3.00 bits per heavy atom. The Kier molecular flexibility index (Phi) is 5.30. The van der Waals surface area contributed by atoms with Gasteiger partial charge in [0.15, 0.2) is 0 Å². The summed E-state index contributed by atoms with van der Waals surface area (Å²) in [6, 6.07) is 7.51. The van der Waals surface area contributed by atoms with E-state index in [0.717, 1.165) is 17.0 Å². The lowest BCUT2D eigenvalue weighted by Gasteiger charge is -2.05. The molecule has 0 radical (unpaired) electrons. The van der Waals surface area contributed by atoms with E-state index < -0.39 is 0 Å². The summed E-state index contributed by atoms with van der Waals surface area (Å²) in [5.41, 5.74) is 1.01. The number of carbonyl (C=O) groups excluding carboxylic acids is 1. The van der Waals surface area contributed by atoms with Crippen LogP contribution in [0.15, 0.2) is 41.7 Å². The van der Waals surface area contributed by atoms with Crippen molar-refractivity contribution in [2.45, 2.75) is 11.3 Å². The molecule has 0 aliphatic rings. The number of benzene rings is 1. The average molecular weight is 296 g/mol. The van der Waals surface area contributed by atoms with Gasteiger partial charge in [0.05, 0.1) is 17.1 Å². The molecule has 1 heterocycles. The highest BCUT2D eigenvalue weighted by molar-refractivity contribution is 8.00. The van der Waals surface area contributed by atoms with E-state index in [4.69, 9.17) is 11.6 Å². The molecular weight excluding hydrogens is 282 g/mol. The van der Waals surface area contributed by atoms with Gasteiger partial charge in [-0.2, -0.15) is 0 Å². The van der Waals surface area contributed by atoms with Gasteiger partial charge in [0.2, 0.25) is 5.91 Å². The number of H-pyrrole nitrogens is 1. The van der Waals surface area contributed by atoms with Gasteiger partial charge in [0.1, 0.15) is 0 Å². The van der Waals surface area contributed by atoms with Crippen LogP contribution in [-0.4, -0.2) is 28.2 Å². The molecule has 2 rings (SSSR count). The van der Waals surface area contributed by atoms with Gasteiger partial charge in [-0.15, -0.1) is 11.8 Å². The number of thioether (sulfide) groups is 1. The first-order valence-corrected chi connectivity index (χ1v) is 7.23. The molecule has 0 saturated carbocycles. The van der Waals surface area contributed by atoms with Crippen LogP contribution in [0.2, 0.25) is 5.02 Å². The van der Waals surface area contributed by atoms with Crippen LogP contribution in [0.1, 0.15) is 5.69 Å². The lowest BCUT2D eigenvalue weighted by molar-refractivity contribution is -0.118. The van der Waals surface area contributed by atoms with Crippen LogP contribution in [0.3, 0.4) is 0 Å². The zero-order valence-corrected chi connectivity index (χ0v) is 11.8. The Balaban J connectivity index is 1.69. The molecule has 2 aromatic rings. The van der Waals surface area contributed by atoms with Gasteiger partial charge in [0, 0.05) is 29.8 Å². The Morgan fingerprint density at radius 1 is 1.42 bits per heavy atom. The molecule has 1 aromatic carbocycles. The van der Waals surface area contributed by atoms with E-state index in [9.17, 15) is 4.79 Å². The molecule has 6 heteroatoms. The minimum Gasteiger partial charge on any atom is -0.355 e. The molecule has 0 aliphatic heterocycles. The van der Waals surface area contributed by atoms with E-state index in [1.165, 1.54) is 11.8 Å². The number of nitrogens with zero attached hydrogens (tertiary/aromatic N) is 1. The van der Waals surface area contributed by atoms with Crippen molar-refractivity contribution in [1.29, 1.82) is 0 Å². The van der Waals surface area contributed by atoms with Crippen molar-refractivity contribution in [3.05, 3.63) is 47.5 Å². The quantitative estimate of drug-likeness (QED) is 0.805. The van der Waals surface area contributed by atoms with Crippen molar-refractivity contribution >= 4 is 29.3 Å². The number of aromatic nitrogens is 2. The maximum absolute atomic E-state index is 11.7. The molecule has 1 aromatic heterocycles. The summed E-state index contributed by atoms with van der Waals surface area (Å²) >= 11 is 7.45. The number of carbonyl (C=O) groups is 1. The van der Waals surface area contributed by atoms with Crippen molar-refractivity contribution in [1.82, 2.24) is 15.3 Å². The van der Waals surface area contributed by atoms with Gasteiger partial charge in [-0.1, -0.05) is 23.7 Å². The molecule has 2 N–H and O–H groups in total. The molecule has 4 nitrogen and oxygen atoms in total. The second-order valence-corrected chi connectivity index (χ2v) is 5.32. The maximum Gasteiger partial charge on any atom is 0.230 e. The zero-order chi connectivity index (χ0) is 13.5. The number of rotatable bonds is 6. The van der Waals surface area contributed by atoms with Crippen molar-refractivity contribution in [3.63, 3.8) is 0 Å². The first-order chi connectivity index (χ1) is 9.25. The summed E-state index contributed by atoms with van der Waals surface area (Å²) in [4.78, 5) is 19.5. The van der Waals surface area contributed by atoms with Gasteiger partial charge in [0.25, 0.3) is 0 Å². The third-order valence-electron chi connectivity index (χ3n) is 2.47. The smallest absolute Gasteiger partial charge is 0.230 e. The average Bonchev–Trinajstić information content (AvgIpc) is 2.91. The lowest BCUT2D eigenvalue weighted by Crippen LogP contribution is -2.27. The first kappa shape index (κ1) is 14.0. The van der Waals surface area contributed by atoms with E-state index in [0.29, 0.717) is 17.3 Å². The van der Waals surface area contributed by atoms with Crippen LogP contribution in [0.5, 0.6) is 0 Å². The Labute approximate surface area is 121 Å². The highest BCUT2D eigenvalue weighted by atomic mass is 35.5. The second-order valence-electron chi connectivity index (χ2n) is 3.90. The lowest BCUT2D eigenvalue weighted by atomic mass is 10.3. The van der Waals surface area contributed by atoms with E-state index in [-0.39, 0.29) is 5.91 Å². The SMILES string of the molecule is O=C(CSc1ccccc1Cl)NCCc1cnc[nH]1. The first-order valence-electron chi connectivity index (χ1n) is 5.87. The third-order valence-corrected chi connectivity index (χ3v) is 3.98. The standard InChI is InChI=1S/C13H14ClN3OS/c14-11-3-1-2-4-12(11)19-8-13(18)16-6-5-10-7-15-9-17-10/h1-4,7,9H,5-6,8H2,(H,15,17)(H,16,18). The minimum absolute atomic E-state index is 0.00411. The topological polar surface area (TPSA) is 57.8 Å². The number of imidazole rings is 1. The fraction of sp³-hybridized carbons (Fsp3) is 0.231. The normalized spacial score (nSPS) is 10.4. The molecule has 0 fully saturated rings. The number of amides is 1. The number of hydrogen-bond donors (Lipinski definition) is 2. The van der Waals surface area contributed by atoms with Crippen molar-refractivity contribution in [3.8, 4) is 0 Å². The van der Waals surface area contributed by atoms with Crippen molar-refractivity contribution in [2.24, 2.45) is 0 Å². The fourth-order valence-electron chi connectivity index (χ4n) is 1.51. The highest BCUT2D eigenvalue weighted by Crippen LogP contribution is 2.26. The van der Waals surface area contributed by atoms with Gasteiger partial charge < -0.3 is 10.3 Å². The van der Waals surface area contributed by atoms with Crippen molar-refractivity contribution in [2.75, 3.05) is 12.3 Å². The highest BCUT2D eigenvalue weighted by Gasteiger charge is 2.05. The van der Waals surface area contributed by atoms with E-state index >= 15 is 0 Å². The third kappa shape index (κ3) is 4.61. The number of aromatic amines is 1. The predicted octanol–water partition coefficient (Wildman–Crippen LogP) is 2.51. The number of hydrogen-bond acceptors (Lipinski definition) is 3. The van der Waals surface area contributed by atoms with E-state index in [2.05, 4.69) is 15.3 Å². The van der Waals surface area contributed by atoms with Crippen LogP contribution in [0.25, 0.3) is 0 Å². The molecule has 0 unspecified atom stereocenters. The van der Waals surface area contributed by atoms with Crippen LogP contribution in [-0.2, 0) is 11.2 Å². The molecule has 0 saturated heterocycles. The monoisotopic (exact) mass is 295 g/mol. The number of halogens is 1. The van der Waals surface area contributed by atoms with Crippen LogP contribution in [0.4, 0.5) is 0 Å². The summed E-state index contributed by atoms with van der Waals surface area (Å²) in [6.07, 6.45) is 4.14. The van der Waals surface area contributed by atoms with Crippen LogP contribution < -0.4 is 5.32 Å². The Morgan fingerprint density at radius 2 is 2.26 bits per heavy atom. The summed E-state index contributed by atoms with van der Waals surface area (Å²) in [7, 11) is 0. The minimum atomic E-state index is 0.00411. The zero-order valence-electron chi connectivity index (χ0n) is 10.2. The van der Waals surface area contributed by atoms with Gasteiger partial charge in [-0.3, -0.25) is 4.79 Å². The summed E-state index contributed by atoms with van der Waals surface area (Å²) in [5.74, 6) is 0.372. The van der Waals surface area contributed by atoms with Crippen molar-refractivity contribution < 1.29 is 4.79 Å². The predicted molar refractivity (Wildman–Crippen MR) is 77.5 cm³/mol.